The van der Waals surface area contributed by atoms with Gasteiger partial charge in [-0.25, -0.2) is 0 Å². The molecule has 1 aromatic carbocycles. The minimum atomic E-state index is 0.631. The maximum atomic E-state index is 3.46. The molecule has 1 fully saturated rings. The first kappa shape index (κ1) is 13.6. The van der Waals surface area contributed by atoms with Crippen LogP contribution >= 0.6 is 0 Å². The highest BCUT2D eigenvalue weighted by molar-refractivity contribution is 5.24. The Morgan fingerprint density at radius 2 is 1.67 bits per heavy atom. The molecule has 0 amide bonds. The predicted molar refractivity (Wildman–Crippen MR) is 77.9 cm³/mol. The van der Waals surface area contributed by atoms with Gasteiger partial charge in [-0.15, -0.1) is 0 Å². The van der Waals surface area contributed by atoms with Crippen molar-refractivity contribution in [1.29, 1.82) is 0 Å². The third kappa shape index (κ3) is 4.11. The lowest BCUT2D eigenvalue weighted by molar-refractivity contribution is 0.245. The second-order valence-corrected chi connectivity index (χ2v) is 5.63. The summed E-state index contributed by atoms with van der Waals surface area (Å²) in [5, 5.41) is 3.46. The third-order valence-electron chi connectivity index (χ3n) is 3.71. The highest BCUT2D eigenvalue weighted by Gasteiger charge is 2.08. The second-order valence-electron chi connectivity index (χ2n) is 5.63. The number of benzene rings is 1. The fourth-order valence-corrected chi connectivity index (χ4v) is 2.52. The van der Waals surface area contributed by atoms with Crippen LogP contribution in [0, 0.1) is 0 Å². The van der Waals surface area contributed by atoms with Crippen LogP contribution in [0.4, 0.5) is 0 Å². The Bertz CT molecular complexity index is 335. The molecule has 0 spiro atoms. The zero-order valence-electron chi connectivity index (χ0n) is 11.8. The van der Waals surface area contributed by atoms with Crippen molar-refractivity contribution >= 4 is 0 Å². The lowest BCUT2D eigenvalue weighted by Gasteiger charge is -2.25. The summed E-state index contributed by atoms with van der Waals surface area (Å²) in [7, 11) is 0. The zero-order chi connectivity index (χ0) is 12.8. The van der Waals surface area contributed by atoms with Gasteiger partial charge in [0.1, 0.15) is 0 Å². The molecule has 2 heteroatoms. The van der Waals surface area contributed by atoms with Gasteiger partial charge in [-0.3, -0.25) is 4.90 Å². The fraction of sp³-hybridized carbons (Fsp3) is 0.625. The molecular formula is C16H26N2. The van der Waals surface area contributed by atoms with Gasteiger partial charge in [0.2, 0.25) is 0 Å². The van der Waals surface area contributed by atoms with Crippen LogP contribution in [0.1, 0.15) is 43.7 Å². The predicted octanol–water partition coefficient (Wildman–Crippen LogP) is 3.00. The summed E-state index contributed by atoms with van der Waals surface area (Å²) in [6.45, 7) is 10.4. The first-order chi connectivity index (χ1) is 8.75. The average molecular weight is 246 g/mol. The van der Waals surface area contributed by atoms with Gasteiger partial charge in [0.15, 0.2) is 0 Å². The van der Waals surface area contributed by atoms with Gasteiger partial charge in [-0.05, 0) is 56.1 Å². The summed E-state index contributed by atoms with van der Waals surface area (Å²) >= 11 is 0. The Morgan fingerprint density at radius 1 is 1.06 bits per heavy atom. The molecule has 2 nitrogen and oxygen atoms in total. The van der Waals surface area contributed by atoms with Gasteiger partial charge in [0, 0.05) is 6.54 Å². The van der Waals surface area contributed by atoms with Gasteiger partial charge in [0.05, 0.1) is 0 Å². The Morgan fingerprint density at radius 3 is 2.22 bits per heavy atom. The SMILES string of the molecule is CC(C)c1ccc(CN2CCCNCCC2)cc1. The molecule has 1 aliphatic heterocycles. The third-order valence-corrected chi connectivity index (χ3v) is 3.71. The summed E-state index contributed by atoms with van der Waals surface area (Å²) in [6, 6.07) is 9.16. The monoisotopic (exact) mass is 246 g/mol. The van der Waals surface area contributed by atoms with E-state index in [0.717, 1.165) is 6.54 Å². The van der Waals surface area contributed by atoms with Crippen LogP contribution in [0.2, 0.25) is 0 Å². The van der Waals surface area contributed by atoms with Crippen molar-refractivity contribution in [2.45, 2.75) is 39.2 Å². The number of hydrogen-bond donors (Lipinski definition) is 1. The molecule has 0 saturated carbocycles. The fourth-order valence-electron chi connectivity index (χ4n) is 2.52. The normalized spacial score (nSPS) is 18.6. The van der Waals surface area contributed by atoms with Gasteiger partial charge in [-0.2, -0.15) is 0 Å². The minimum absolute atomic E-state index is 0.631. The van der Waals surface area contributed by atoms with Gasteiger partial charge in [0.25, 0.3) is 0 Å². The molecule has 0 unspecified atom stereocenters. The molecule has 0 aromatic heterocycles. The van der Waals surface area contributed by atoms with Crippen LogP contribution in [-0.2, 0) is 6.54 Å². The molecule has 0 bridgehead atoms. The van der Waals surface area contributed by atoms with Gasteiger partial charge >= 0.3 is 0 Å². The molecule has 1 saturated heterocycles. The molecule has 1 N–H and O–H groups in total. The number of nitrogens with zero attached hydrogens (tertiary/aromatic N) is 1. The van der Waals surface area contributed by atoms with Crippen molar-refractivity contribution < 1.29 is 0 Å². The van der Waals surface area contributed by atoms with Crippen LogP contribution < -0.4 is 5.32 Å². The first-order valence-corrected chi connectivity index (χ1v) is 7.27. The number of rotatable bonds is 3. The Hall–Kier alpha value is -0.860. The van der Waals surface area contributed by atoms with E-state index in [1.54, 1.807) is 0 Å². The number of nitrogens with one attached hydrogen (secondary N) is 1. The Kier molecular flexibility index (Phi) is 5.21. The van der Waals surface area contributed by atoms with Crippen LogP contribution in [-0.4, -0.2) is 31.1 Å². The van der Waals surface area contributed by atoms with E-state index in [2.05, 4.69) is 48.3 Å². The summed E-state index contributed by atoms with van der Waals surface area (Å²) < 4.78 is 0. The van der Waals surface area contributed by atoms with Gasteiger partial charge < -0.3 is 5.32 Å². The van der Waals surface area contributed by atoms with Crippen molar-refractivity contribution in [2.75, 3.05) is 26.2 Å². The van der Waals surface area contributed by atoms with E-state index in [9.17, 15) is 0 Å². The maximum absolute atomic E-state index is 3.46. The van der Waals surface area contributed by atoms with E-state index < -0.39 is 0 Å². The van der Waals surface area contributed by atoms with Gasteiger partial charge in [-0.1, -0.05) is 38.1 Å². The molecule has 1 aliphatic rings. The molecule has 0 atom stereocenters. The van der Waals surface area contributed by atoms with E-state index in [1.807, 2.05) is 0 Å². The Labute approximate surface area is 111 Å². The highest BCUT2D eigenvalue weighted by Crippen LogP contribution is 2.16. The molecular weight excluding hydrogens is 220 g/mol. The van der Waals surface area contributed by atoms with Crippen LogP contribution in [0.15, 0.2) is 24.3 Å². The van der Waals surface area contributed by atoms with E-state index in [-0.39, 0.29) is 0 Å². The standard InChI is InChI=1S/C16H26N2/c1-14(2)16-7-5-15(6-8-16)13-18-11-3-9-17-10-4-12-18/h5-8,14,17H,3-4,9-13H2,1-2H3. The molecule has 1 aromatic rings. The molecule has 0 aliphatic carbocycles. The smallest absolute Gasteiger partial charge is 0.0233 e. The first-order valence-electron chi connectivity index (χ1n) is 7.27. The lowest BCUT2D eigenvalue weighted by atomic mass is 10.0. The van der Waals surface area contributed by atoms with Crippen molar-refractivity contribution in [3.63, 3.8) is 0 Å². The topological polar surface area (TPSA) is 15.3 Å². The molecule has 2 rings (SSSR count). The molecule has 1 heterocycles. The molecule has 100 valence electrons. The van der Waals surface area contributed by atoms with E-state index >= 15 is 0 Å². The second kappa shape index (κ2) is 6.91. The maximum Gasteiger partial charge on any atom is 0.0233 e. The average Bonchev–Trinajstić information content (AvgIpc) is 2.33. The van der Waals surface area contributed by atoms with Crippen molar-refractivity contribution in [3.8, 4) is 0 Å². The number of hydrogen-bond acceptors (Lipinski definition) is 2. The summed E-state index contributed by atoms with van der Waals surface area (Å²) in [4.78, 5) is 2.59. The van der Waals surface area contributed by atoms with Crippen molar-refractivity contribution in [2.24, 2.45) is 0 Å². The van der Waals surface area contributed by atoms with E-state index in [0.29, 0.717) is 5.92 Å². The molecule has 0 radical (unpaired) electrons. The zero-order valence-corrected chi connectivity index (χ0v) is 11.8. The van der Waals surface area contributed by atoms with E-state index in [4.69, 9.17) is 0 Å². The van der Waals surface area contributed by atoms with Crippen LogP contribution in [0.25, 0.3) is 0 Å². The largest absolute Gasteiger partial charge is 0.317 e. The molecule has 18 heavy (non-hydrogen) atoms. The lowest BCUT2D eigenvalue weighted by Crippen LogP contribution is -2.33. The summed E-state index contributed by atoms with van der Waals surface area (Å²) in [5.41, 5.74) is 2.89. The highest BCUT2D eigenvalue weighted by atomic mass is 15.1. The van der Waals surface area contributed by atoms with Crippen LogP contribution in [0.5, 0.6) is 0 Å². The van der Waals surface area contributed by atoms with E-state index in [1.165, 1.54) is 50.1 Å². The van der Waals surface area contributed by atoms with Crippen molar-refractivity contribution in [1.82, 2.24) is 10.2 Å². The van der Waals surface area contributed by atoms with Crippen LogP contribution in [0.3, 0.4) is 0 Å². The van der Waals surface area contributed by atoms with Crippen molar-refractivity contribution in [3.05, 3.63) is 35.4 Å². The summed E-state index contributed by atoms with van der Waals surface area (Å²) in [6.07, 6.45) is 2.54. The quantitative estimate of drug-likeness (QED) is 0.882. The summed E-state index contributed by atoms with van der Waals surface area (Å²) in [5.74, 6) is 0.631. The Balaban J connectivity index is 1.90. The minimum Gasteiger partial charge on any atom is -0.317 e.